The van der Waals surface area contributed by atoms with E-state index in [4.69, 9.17) is 9.47 Å². The van der Waals surface area contributed by atoms with Gasteiger partial charge in [-0.1, -0.05) is 42.1 Å². The van der Waals surface area contributed by atoms with E-state index in [2.05, 4.69) is 35.8 Å². The Morgan fingerprint density at radius 1 is 1.11 bits per heavy atom. The lowest BCUT2D eigenvalue weighted by molar-refractivity contribution is 0.354. The molecule has 1 atom stereocenters. The second kappa shape index (κ2) is 7.67. The lowest BCUT2D eigenvalue weighted by atomic mass is 10.0. The first-order valence-electron chi connectivity index (χ1n) is 6.50. The van der Waals surface area contributed by atoms with Crippen LogP contribution in [-0.2, 0) is 0 Å². The zero-order valence-electron chi connectivity index (χ0n) is 11.8. The van der Waals surface area contributed by atoms with Crippen molar-refractivity contribution in [1.82, 2.24) is 0 Å². The van der Waals surface area contributed by atoms with Gasteiger partial charge in [-0.3, -0.25) is 0 Å². The number of benzene rings is 1. The third kappa shape index (κ3) is 3.91. The van der Waals surface area contributed by atoms with Gasteiger partial charge in [0.15, 0.2) is 11.5 Å². The molecule has 0 aliphatic carbocycles. The molecule has 102 valence electrons. The zero-order chi connectivity index (χ0) is 13.5. The highest BCUT2D eigenvalue weighted by atomic mass is 79.9. The molecular weight excluding hydrogens is 292 g/mol. The van der Waals surface area contributed by atoms with E-state index in [1.807, 2.05) is 6.07 Å². The van der Waals surface area contributed by atoms with Crippen molar-refractivity contribution in [3.05, 3.63) is 23.3 Å². The van der Waals surface area contributed by atoms with E-state index in [0.29, 0.717) is 4.83 Å². The maximum Gasteiger partial charge on any atom is 0.161 e. The molecule has 0 aliphatic heterocycles. The molecule has 18 heavy (non-hydrogen) atoms. The fourth-order valence-corrected chi connectivity index (χ4v) is 2.88. The number of alkyl halides is 1. The van der Waals surface area contributed by atoms with Crippen LogP contribution in [0.15, 0.2) is 12.1 Å². The van der Waals surface area contributed by atoms with Crippen molar-refractivity contribution < 1.29 is 9.47 Å². The number of methoxy groups -OCH3 is 2. The van der Waals surface area contributed by atoms with Gasteiger partial charge in [-0.25, -0.2) is 0 Å². The van der Waals surface area contributed by atoms with Gasteiger partial charge in [-0.05, 0) is 36.6 Å². The molecule has 1 rings (SSSR count). The summed E-state index contributed by atoms with van der Waals surface area (Å²) in [6.07, 6.45) is 4.95. The predicted molar refractivity (Wildman–Crippen MR) is 80.1 cm³/mol. The van der Waals surface area contributed by atoms with Gasteiger partial charge >= 0.3 is 0 Å². The van der Waals surface area contributed by atoms with Gasteiger partial charge in [0.1, 0.15) is 0 Å². The molecule has 0 bridgehead atoms. The Bertz CT molecular complexity index is 377. The molecule has 0 N–H and O–H groups in total. The second-order valence-corrected chi connectivity index (χ2v) is 5.63. The lowest BCUT2D eigenvalue weighted by Crippen LogP contribution is -1.98. The van der Waals surface area contributed by atoms with Crippen LogP contribution in [0.25, 0.3) is 0 Å². The second-order valence-electron chi connectivity index (χ2n) is 4.53. The minimum absolute atomic E-state index is 0.392. The van der Waals surface area contributed by atoms with Crippen molar-refractivity contribution in [1.29, 1.82) is 0 Å². The maximum atomic E-state index is 5.36. The number of hydrogen-bond donors (Lipinski definition) is 0. The van der Waals surface area contributed by atoms with E-state index in [9.17, 15) is 0 Å². The number of ether oxygens (including phenoxy) is 2. The molecule has 0 spiro atoms. The molecule has 2 nitrogen and oxygen atoms in total. The molecule has 0 radical (unpaired) electrons. The van der Waals surface area contributed by atoms with Crippen LogP contribution in [0.4, 0.5) is 0 Å². The van der Waals surface area contributed by atoms with Crippen molar-refractivity contribution in [3.8, 4) is 11.5 Å². The number of halogens is 1. The third-order valence-corrected chi connectivity index (χ3v) is 4.12. The van der Waals surface area contributed by atoms with Gasteiger partial charge in [0.05, 0.1) is 14.2 Å². The van der Waals surface area contributed by atoms with E-state index in [-0.39, 0.29) is 0 Å². The van der Waals surface area contributed by atoms with Gasteiger partial charge < -0.3 is 9.47 Å². The molecule has 0 saturated carbocycles. The predicted octanol–water partition coefficient (Wildman–Crippen LogP) is 5.03. The molecule has 0 amide bonds. The Morgan fingerprint density at radius 2 is 1.72 bits per heavy atom. The van der Waals surface area contributed by atoms with Gasteiger partial charge in [-0.2, -0.15) is 0 Å². The highest BCUT2D eigenvalue weighted by Crippen LogP contribution is 2.37. The van der Waals surface area contributed by atoms with Crippen molar-refractivity contribution >= 4 is 15.9 Å². The van der Waals surface area contributed by atoms with Gasteiger partial charge in [0, 0.05) is 4.83 Å². The summed E-state index contributed by atoms with van der Waals surface area (Å²) in [6, 6.07) is 4.13. The van der Waals surface area contributed by atoms with Crippen LogP contribution >= 0.6 is 15.9 Å². The molecule has 0 fully saturated rings. The number of hydrogen-bond acceptors (Lipinski definition) is 2. The van der Waals surface area contributed by atoms with Crippen molar-refractivity contribution in [2.45, 2.75) is 44.4 Å². The maximum absolute atomic E-state index is 5.36. The minimum Gasteiger partial charge on any atom is -0.493 e. The number of aryl methyl sites for hydroxylation is 1. The molecule has 0 aromatic heterocycles. The van der Waals surface area contributed by atoms with Crippen LogP contribution < -0.4 is 9.47 Å². The van der Waals surface area contributed by atoms with Gasteiger partial charge in [-0.15, -0.1) is 0 Å². The van der Waals surface area contributed by atoms with Crippen LogP contribution in [0.2, 0.25) is 0 Å². The number of unbranched alkanes of at least 4 members (excludes halogenated alkanes) is 2. The van der Waals surface area contributed by atoms with E-state index in [0.717, 1.165) is 17.9 Å². The van der Waals surface area contributed by atoms with E-state index in [1.165, 1.54) is 30.4 Å². The summed E-state index contributed by atoms with van der Waals surface area (Å²) >= 11 is 3.78. The first-order chi connectivity index (χ1) is 8.63. The van der Waals surface area contributed by atoms with Crippen LogP contribution in [-0.4, -0.2) is 14.2 Å². The Labute approximate surface area is 119 Å². The Balaban J connectivity index is 2.87. The fraction of sp³-hybridized carbons (Fsp3) is 0.600. The Morgan fingerprint density at radius 3 is 2.28 bits per heavy atom. The highest BCUT2D eigenvalue weighted by Gasteiger charge is 2.14. The normalized spacial score (nSPS) is 12.3. The standard InChI is InChI=1S/C15H23BrO2/c1-5-6-7-8-13(16)12-10-15(18-4)14(17-3)9-11(12)2/h9-10,13H,5-8H2,1-4H3. The fourth-order valence-electron chi connectivity index (χ4n) is 2.06. The van der Waals surface area contributed by atoms with E-state index in [1.54, 1.807) is 14.2 Å². The number of rotatable bonds is 7. The summed E-state index contributed by atoms with van der Waals surface area (Å²) in [7, 11) is 3.35. The molecule has 0 saturated heterocycles. The first-order valence-corrected chi connectivity index (χ1v) is 7.42. The van der Waals surface area contributed by atoms with Gasteiger partial charge in [0.25, 0.3) is 0 Å². The summed E-state index contributed by atoms with van der Waals surface area (Å²) in [5, 5.41) is 0. The molecule has 0 heterocycles. The third-order valence-electron chi connectivity index (χ3n) is 3.17. The van der Waals surface area contributed by atoms with Crippen molar-refractivity contribution in [2.24, 2.45) is 0 Å². The smallest absolute Gasteiger partial charge is 0.161 e. The summed E-state index contributed by atoms with van der Waals surface area (Å²) in [6.45, 7) is 4.34. The van der Waals surface area contributed by atoms with Crippen molar-refractivity contribution in [3.63, 3.8) is 0 Å². The molecule has 3 heteroatoms. The molecule has 0 aliphatic rings. The van der Waals surface area contributed by atoms with E-state index < -0.39 is 0 Å². The molecule has 1 aromatic carbocycles. The minimum atomic E-state index is 0.392. The molecule has 1 unspecified atom stereocenters. The van der Waals surface area contributed by atoms with Crippen LogP contribution in [0.3, 0.4) is 0 Å². The average Bonchev–Trinajstić information content (AvgIpc) is 2.38. The summed E-state index contributed by atoms with van der Waals surface area (Å²) in [4.78, 5) is 0.392. The largest absolute Gasteiger partial charge is 0.493 e. The Kier molecular flexibility index (Phi) is 6.55. The first kappa shape index (κ1) is 15.4. The summed E-state index contributed by atoms with van der Waals surface area (Å²) in [5.74, 6) is 1.60. The van der Waals surface area contributed by atoms with Crippen LogP contribution in [0.1, 0.15) is 48.6 Å². The van der Waals surface area contributed by atoms with E-state index >= 15 is 0 Å². The zero-order valence-corrected chi connectivity index (χ0v) is 13.3. The van der Waals surface area contributed by atoms with Gasteiger partial charge in [0.2, 0.25) is 0 Å². The monoisotopic (exact) mass is 314 g/mol. The summed E-state index contributed by atoms with van der Waals surface area (Å²) in [5.41, 5.74) is 2.54. The molecular formula is C15H23BrO2. The SMILES string of the molecule is CCCCCC(Br)c1cc(OC)c(OC)cc1C. The Hall–Kier alpha value is -0.700. The van der Waals surface area contributed by atoms with Crippen LogP contribution in [0, 0.1) is 6.92 Å². The average molecular weight is 315 g/mol. The van der Waals surface area contributed by atoms with Crippen LogP contribution in [0.5, 0.6) is 11.5 Å². The topological polar surface area (TPSA) is 18.5 Å². The lowest BCUT2D eigenvalue weighted by Gasteiger charge is -2.16. The molecule has 1 aromatic rings. The quantitative estimate of drug-likeness (QED) is 0.519. The summed E-state index contributed by atoms with van der Waals surface area (Å²) < 4.78 is 10.7. The van der Waals surface area contributed by atoms with Crippen molar-refractivity contribution in [2.75, 3.05) is 14.2 Å². The highest BCUT2D eigenvalue weighted by molar-refractivity contribution is 9.09.